The Morgan fingerprint density at radius 3 is 2.24 bits per heavy atom. The Labute approximate surface area is 166 Å². The van der Waals surface area contributed by atoms with Crippen molar-refractivity contribution in [2.24, 2.45) is 0 Å². The van der Waals surface area contributed by atoms with Gasteiger partial charge in [-0.05, 0) is 35.9 Å². The van der Waals surface area contributed by atoms with Gasteiger partial charge in [-0.1, -0.05) is 52.5 Å². The molecule has 0 aliphatic carbocycles. The fourth-order valence-electron chi connectivity index (χ4n) is 2.51. The van der Waals surface area contributed by atoms with Crippen LogP contribution in [0.2, 0.25) is 20.1 Å². The molecular formula is C18H15Cl4NO2. The first-order valence-corrected chi connectivity index (χ1v) is 8.93. The van der Waals surface area contributed by atoms with E-state index in [1.165, 1.54) is 4.90 Å². The van der Waals surface area contributed by atoms with E-state index in [1.54, 1.807) is 43.4 Å². The molecule has 1 amide bonds. The Bertz CT molecular complexity index is 774. The largest absolute Gasteiger partial charge is 0.341 e. The third-order valence-corrected chi connectivity index (χ3v) is 4.92. The average molecular weight is 419 g/mol. The van der Waals surface area contributed by atoms with Crippen LogP contribution in [0.3, 0.4) is 0 Å². The summed E-state index contributed by atoms with van der Waals surface area (Å²) in [6.45, 7) is 0.333. The second kappa shape index (κ2) is 8.91. The summed E-state index contributed by atoms with van der Waals surface area (Å²) in [5.74, 6) is -0.434. The van der Waals surface area contributed by atoms with Crippen LogP contribution in [0.25, 0.3) is 0 Å². The zero-order chi connectivity index (χ0) is 18.6. The molecule has 1 atom stereocenters. The molecule has 0 spiro atoms. The van der Waals surface area contributed by atoms with E-state index >= 15 is 0 Å². The van der Waals surface area contributed by atoms with Crippen LogP contribution in [0.5, 0.6) is 0 Å². The molecule has 0 saturated carbocycles. The van der Waals surface area contributed by atoms with Crippen LogP contribution in [0.1, 0.15) is 28.3 Å². The number of likely N-dealkylation sites (N-methyl/N-ethyl adjacent to an activating group) is 1. The van der Waals surface area contributed by atoms with E-state index in [2.05, 4.69) is 0 Å². The number of hydrogen-bond donors (Lipinski definition) is 0. The predicted molar refractivity (Wildman–Crippen MR) is 103 cm³/mol. The van der Waals surface area contributed by atoms with E-state index in [-0.39, 0.29) is 18.2 Å². The number of aldehydes is 1. The van der Waals surface area contributed by atoms with Crippen molar-refractivity contribution in [3.05, 3.63) is 67.6 Å². The maximum absolute atomic E-state index is 12.6. The van der Waals surface area contributed by atoms with Crippen LogP contribution in [-0.2, 0) is 4.79 Å². The van der Waals surface area contributed by atoms with Crippen LogP contribution in [0.4, 0.5) is 0 Å². The highest BCUT2D eigenvalue weighted by atomic mass is 35.5. The number of hydrogen-bond acceptors (Lipinski definition) is 2. The molecule has 2 aromatic carbocycles. The molecule has 0 bridgehead atoms. The molecule has 0 radical (unpaired) electrons. The summed E-state index contributed by atoms with van der Waals surface area (Å²) >= 11 is 23.9. The number of halogens is 4. The van der Waals surface area contributed by atoms with Gasteiger partial charge in [-0.3, -0.25) is 4.79 Å². The van der Waals surface area contributed by atoms with E-state index in [4.69, 9.17) is 46.4 Å². The molecule has 132 valence electrons. The van der Waals surface area contributed by atoms with E-state index in [0.29, 0.717) is 32.2 Å². The van der Waals surface area contributed by atoms with E-state index < -0.39 is 0 Å². The third kappa shape index (κ3) is 5.35. The number of carbonyl (C=O) groups is 2. The lowest BCUT2D eigenvalue weighted by Crippen LogP contribution is -2.31. The standard InChI is InChI=1S/C18H15Cl4NO2/c1-23(18(25)13-6-14(19)9-15(20)7-13)10-12(4-5-24)11-2-3-16(21)17(22)8-11/h2-3,5-9,12H,4,10H2,1H3. The summed E-state index contributed by atoms with van der Waals surface area (Å²) in [7, 11) is 1.66. The van der Waals surface area contributed by atoms with Gasteiger partial charge in [0.25, 0.3) is 5.91 Å². The van der Waals surface area contributed by atoms with Gasteiger partial charge in [0.05, 0.1) is 10.0 Å². The van der Waals surface area contributed by atoms with Gasteiger partial charge in [0.1, 0.15) is 6.29 Å². The number of carbonyl (C=O) groups excluding carboxylic acids is 2. The van der Waals surface area contributed by atoms with Gasteiger partial charge in [0.15, 0.2) is 0 Å². The summed E-state index contributed by atoms with van der Waals surface area (Å²) in [5.41, 5.74) is 1.23. The fraction of sp³-hybridized carbons (Fsp3) is 0.222. The summed E-state index contributed by atoms with van der Waals surface area (Å²) < 4.78 is 0. The molecule has 25 heavy (non-hydrogen) atoms. The summed E-state index contributed by atoms with van der Waals surface area (Å²) in [5, 5.41) is 1.62. The lowest BCUT2D eigenvalue weighted by Gasteiger charge is -2.24. The molecule has 3 nitrogen and oxygen atoms in total. The Kier molecular flexibility index (Phi) is 7.14. The van der Waals surface area contributed by atoms with Crippen molar-refractivity contribution in [1.82, 2.24) is 4.90 Å². The van der Waals surface area contributed by atoms with Crippen LogP contribution >= 0.6 is 46.4 Å². The Morgan fingerprint density at radius 2 is 1.68 bits per heavy atom. The monoisotopic (exact) mass is 417 g/mol. The van der Waals surface area contributed by atoms with E-state index in [1.807, 2.05) is 0 Å². The highest BCUT2D eigenvalue weighted by molar-refractivity contribution is 6.42. The Balaban J connectivity index is 2.21. The van der Waals surface area contributed by atoms with Crippen molar-refractivity contribution in [3.8, 4) is 0 Å². The normalized spacial score (nSPS) is 11.9. The van der Waals surface area contributed by atoms with Crippen LogP contribution in [-0.4, -0.2) is 30.7 Å². The topological polar surface area (TPSA) is 37.4 Å². The summed E-state index contributed by atoms with van der Waals surface area (Å²) in [6.07, 6.45) is 1.08. The molecule has 2 aromatic rings. The second-order valence-corrected chi connectivity index (χ2v) is 7.30. The van der Waals surface area contributed by atoms with Gasteiger partial charge in [0, 0.05) is 41.5 Å². The van der Waals surface area contributed by atoms with Crippen molar-refractivity contribution in [3.63, 3.8) is 0 Å². The molecule has 0 aromatic heterocycles. The van der Waals surface area contributed by atoms with Crippen molar-refractivity contribution >= 4 is 58.6 Å². The predicted octanol–water partition coefficient (Wildman–Crippen LogP) is 5.75. The molecule has 0 aliphatic rings. The first-order chi connectivity index (χ1) is 11.8. The van der Waals surface area contributed by atoms with Gasteiger partial charge < -0.3 is 9.69 Å². The van der Waals surface area contributed by atoms with Crippen molar-refractivity contribution < 1.29 is 9.59 Å². The zero-order valence-corrected chi connectivity index (χ0v) is 16.3. The van der Waals surface area contributed by atoms with Gasteiger partial charge >= 0.3 is 0 Å². The number of benzene rings is 2. The molecule has 0 N–H and O–H groups in total. The maximum atomic E-state index is 12.6. The summed E-state index contributed by atoms with van der Waals surface area (Å²) in [6, 6.07) is 9.87. The quantitative estimate of drug-likeness (QED) is 0.560. The minimum Gasteiger partial charge on any atom is -0.341 e. The molecule has 0 heterocycles. The zero-order valence-electron chi connectivity index (χ0n) is 13.3. The van der Waals surface area contributed by atoms with Gasteiger partial charge in [-0.25, -0.2) is 0 Å². The Hall–Kier alpha value is -1.26. The maximum Gasteiger partial charge on any atom is 0.253 e. The van der Waals surface area contributed by atoms with Crippen molar-refractivity contribution in [2.75, 3.05) is 13.6 Å². The van der Waals surface area contributed by atoms with Crippen LogP contribution < -0.4 is 0 Å². The number of nitrogens with zero attached hydrogens (tertiary/aromatic N) is 1. The van der Waals surface area contributed by atoms with Crippen molar-refractivity contribution in [1.29, 1.82) is 0 Å². The van der Waals surface area contributed by atoms with Gasteiger partial charge in [-0.2, -0.15) is 0 Å². The van der Waals surface area contributed by atoms with Crippen LogP contribution in [0.15, 0.2) is 36.4 Å². The van der Waals surface area contributed by atoms with Gasteiger partial charge in [-0.15, -0.1) is 0 Å². The molecule has 7 heteroatoms. The average Bonchev–Trinajstić information content (AvgIpc) is 2.55. The first kappa shape index (κ1) is 20.1. The second-order valence-electron chi connectivity index (χ2n) is 5.62. The Morgan fingerprint density at radius 1 is 1.04 bits per heavy atom. The SMILES string of the molecule is CN(CC(CC=O)c1ccc(Cl)c(Cl)c1)C(=O)c1cc(Cl)cc(Cl)c1. The highest BCUT2D eigenvalue weighted by Gasteiger charge is 2.20. The number of amides is 1. The first-order valence-electron chi connectivity index (χ1n) is 7.42. The summed E-state index contributed by atoms with van der Waals surface area (Å²) in [4.78, 5) is 25.2. The smallest absolute Gasteiger partial charge is 0.253 e. The lowest BCUT2D eigenvalue weighted by molar-refractivity contribution is -0.108. The third-order valence-electron chi connectivity index (χ3n) is 3.75. The van der Waals surface area contributed by atoms with Gasteiger partial charge in [0.2, 0.25) is 0 Å². The number of rotatable bonds is 6. The lowest BCUT2D eigenvalue weighted by atomic mass is 9.95. The van der Waals surface area contributed by atoms with E-state index in [9.17, 15) is 9.59 Å². The molecule has 0 saturated heterocycles. The van der Waals surface area contributed by atoms with Crippen LogP contribution in [0, 0.1) is 0 Å². The van der Waals surface area contributed by atoms with E-state index in [0.717, 1.165) is 11.8 Å². The molecule has 1 unspecified atom stereocenters. The minimum absolute atomic E-state index is 0.198. The van der Waals surface area contributed by atoms with Crippen molar-refractivity contribution in [2.45, 2.75) is 12.3 Å². The molecule has 0 fully saturated rings. The highest BCUT2D eigenvalue weighted by Crippen LogP contribution is 2.29. The fourth-order valence-corrected chi connectivity index (χ4v) is 3.34. The molecule has 2 rings (SSSR count). The minimum atomic E-state index is -0.236. The molecule has 0 aliphatic heterocycles. The molecular weight excluding hydrogens is 404 g/mol.